The number of amides is 1. The van der Waals surface area contributed by atoms with Gasteiger partial charge in [0.25, 0.3) is 15.9 Å². The number of rotatable bonds is 6. The third-order valence-corrected chi connectivity index (χ3v) is 4.91. The van der Waals surface area contributed by atoms with Gasteiger partial charge in [0.05, 0.1) is 16.1 Å². The standard InChI is InChI=1S/C17H19FN2O3S/c1-3-12(2)19-17(21)15-6-4-5-7-16(15)20-24(22,23)14-10-8-13(18)9-11-14/h4-12,20H,3H2,1-2H3,(H,19,21)/t12-/m0/s1. The number of hydrogen-bond acceptors (Lipinski definition) is 3. The first-order valence-electron chi connectivity index (χ1n) is 7.51. The highest BCUT2D eigenvalue weighted by atomic mass is 32.2. The van der Waals surface area contributed by atoms with Crippen LogP contribution in [-0.4, -0.2) is 20.4 Å². The molecule has 0 heterocycles. The number of anilines is 1. The summed E-state index contributed by atoms with van der Waals surface area (Å²) in [5.74, 6) is -0.885. The van der Waals surface area contributed by atoms with Crippen LogP contribution in [0.25, 0.3) is 0 Å². The van der Waals surface area contributed by atoms with Gasteiger partial charge in [-0.3, -0.25) is 9.52 Å². The van der Waals surface area contributed by atoms with Crippen molar-refractivity contribution in [1.29, 1.82) is 0 Å². The summed E-state index contributed by atoms with van der Waals surface area (Å²) in [4.78, 5) is 12.2. The third-order valence-electron chi connectivity index (χ3n) is 3.53. The highest BCUT2D eigenvalue weighted by Gasteiger charge is 2.19. The van der Waals surface area contributed by atoms with E-state index in [2.05, 4.69) is 10.0 Å². The molecular weight excluding hydrogens is 331 g/mol. The first kappa shape index (κ1) is 17.9. The minimum Gasteiger partial charge on any atom is -0.350 e. The molecule has 2 aromatic rings. The fraction of sp³-hybridized carbons (Fsp3) is 0.235. The summed E-state index contributed by atoms with van der Waals surface area (Å²) in [6, 6.07) is 10.8. The molecule has 0 aromatic heterocycles. The Kier molecular flexibility index (Phi) is 5.56. The predicted molar refractivity (Wildman–Crippen MR) is 90.9 cm³/mol. The van der Waals surface area contributed by atoms with Crippen molar-refractivity contribution in [3.05, 3.63) is 59.9 Å². The monoisotopic (exact) mass is 350 g/mol. The zero-order chi connectivity index (χ0) is 17.7. The number of nitrogens with one attached hydrogen (secondary N) is 2. The topological polar surface area (TPSA) is 75.3 Å². The van der Waals surface area contributed by atoms with Crippen LogP contribution in [0.3, 0.4) is 0 Å². The summed E-state index contributed by atoms with van der Waals surface area (Å²) < 4.78 is 40.1. The van der Waals surface area contributed by atoms with Gasteiger partial charge in [0, 0.05) is 6.04 Å². The number of sulfonamides is 1. The number of hydrogen-bond donors (Lipinski definition) is 2. The van der Waals surface area contributed by atoms with Crippen LogP contribution in [0, 0.1) is 5.82 Å². The van der Waals surface area contributed by atoms with Gasteiger partial charge >= 0.3 is 0 Å². The number of carbonyl (C=O) groups is 1. The van der Waals surface area contributed by atoms with Crippen molar-refractivity contribution in [2.45, 2.75) is 31.2 Å². The van der Waals surface area contributed by atoms with E-state index < -0.39 is 15.8 Å². The highest BCUT2D eigenvalue weighted by Crippen LogP contribution is 2.20. The molecule has 7 heteroatoms. The summed E-state index contributed by atoms with van der Waals surface area (Å²) in [5.41, 5.74) is 0.395. The maximum Gasteiger partial charge on any atom is 0.261 e. The average molecular weight is 350 g/mol. The van der Waals surface area contributed by atoms with Gasteiger partial charge in [0.1, 0.15) is 5.82 Å². The lowest BCUT2D eigenvalue weighted by Gasteiger charge is -2.15. The number of para-hydroxylation sites is 1. The van der Waals surface area contributed by atoms with Crippen LogP contribution in [0.2, 0.25) is 0 Å². The molecule has 5 nitrogen and oxygen atoms in total. The molecule has 0 aliphatic rings. The molecule has 0 saturated carbocycles. The molecule has 0 fully saturated rings. The van der Waals surface area contributed by atoms with E-state index >= 15 is 0 Å². The molecule has 0 bridgehead atoms. The van der Waals surface area contributed by atoms with E-state index in [-0.39, 0.29) is 28.1 Å². The molecule has 0 radical (unpaired) electrons. The molecule has 2 N–H and O–H groups in total. The van der Waals surface area contributed by atoms with E-state index in [0.717, 1.165) is 18.6 Å². The van der Waals surface area contributed by atoms with Gasteiger partial charge in [-0.15, -0.1) is 0 Å². The van der Waals surface area contributed by atoms with Crippen molar-refractivity contribution in [1.82, 2.24) is 5.32 Å². The second-order valence-corrected chi connectivity index (χ2v) is 7.07. The van der Waals surface area contributed by atoms with E-state index in [4.69, 9.17) is 0 Å². The molecule has 0 spiro atoms. The van der Waals surface area contributed by atoms with Gasteiger partial charge < -0.3 is 5.32 Å². The Labute approximate surface area is 141 Å². The van der Waals surface area contributed by atoms with Crippen molar-refractivity contribution in [3.8, 4) is 0 Å². The van der Waals surface area contributed by atoms with Crippen molar-refractivity contribution in [2.24, 2.45) is 0 Å². The highest BCUT2D eigenvalue weighted by molar-refractivity contribution is 7.92. The molecular formula is C17H19FN2O3S. The minimum absolute atomic E-state index is 0.0285. The molecule has 2 rings (SSSR count). The quantitative estimate of drug-likeness (QED) is 0.840. The van der Waals surface area contributed by atoms with E-state index in [1.807, 2.05) is 13.8 Å². The molecule has 24 heavy (non-hydrogen) atoms. The Morgan fingerprint density at radius 2 is 1.75 bits per heavy atom. The van der Waals surface area contributed by atoms with Gasteiger partial charge in [-0.25, -0.2) is 12.8 Å². The molecule has 128 valence electrons. The average Bonchev–Trinajstić information content (AvgIpc) is 2.55. The van der Waals surface area contributed by atoms with Crippen LogP contribution in [0.4, 0.5) is 10.1 Å². The Morgan fingerprint density at radius 3 is 2.38 bits per heavy atom. The second-order valence-electron chi connectivity index (χ2n) is 5.39. The maximum atomic E-state index is 13.0. The number of halogens is 1. The van der Waals surface area contributed by atoms with Crippen molar-refractivity contribution in [3.63, 3.8) is 0 Å². The van der Waals surface area contributed by atoms with Crippen molar-refractivity contribution >= 4 is 21.6 Å². The first-order chi connectivity index (χ1) is 11.3. The maximum absolute atomic E-state index is 13.0. The van der Waals surface area contributed by atoms with Crippen LogP contribution in [-0.2, 0) is 10.0 Å². The van der Waals surface area contributed by atoms with Crippen LogP contribution in [0.15, 0.2) is 53.4 Å². The normalized spacial score (nSPS) is 12.5. The first-order valence-corrected chi connectivity index (χ1v) is 9.00. The lowest BCUT2D eigenvalue weighted by molar-refractivity contribution is 0.0940. The fourth-order valence-corrected chi connectivity index (χ4v) is 3.07. The zero-order valence-corrected chi connectivity index (χ0v) is 14.2. The number of carbonyl (C=O) groups excluding carboxylic acids is 1. The van der Waals surface area contributed by atoms with Crippen LogP contribution < -0.4 is 10.0 Å². The molecule has 0 unspecified atom stereocenters. The molecule has 1 atom stereocenters. The van der Waals surface area contributed by atoms with E-state index in [0.29, 0.717) is 0 Å². The van der Waals surface area contributed by atoms with E-state index in [1.165, 1.54) is 18.2 Å². The Hall–Kier alpha value is -2.41. The third kappa shape index (κ3) is 4.32. The Bertz CT molecular complexity index is 820. The Balaban J connectivity index is 2.30. The molecule has 0 aliphatic carbocycles. The summed E-state index contributed by atoms with van der Waals surface area (Å²) in [5, 5.41) is 2.80. The van der Waals surface area contributed by atoms with E-state index in [1.54, 1.807) is 18.2 Å². The smallest absolute Gasteiger partial charge is 0.261 e. The molecule has 1 amide bonds. The van der Waals surface area contributed by atoms with Crippen molar-refractivity contribution < 1.29 is 17.6 Å². The van der Waals surface area contributed by atoms with Crippen LogP contribution in [0.1, 0.15) is 30.6 Å². The van der Waals surface area contributed by atoms with E-state index in [9.17, 15) is 17.6 Å². The summed E-state index contributed by atoms with van der Waals surface area (Å²) in [6.45, 7) is 3.80. The second kappa shape index (κ2) is 7.44. The summed E-state index contributed by atoms with van der Waals surface area (Å²) in [7, 11) is -3.92. The van der Waals surface area contributed by atoms with Crippen LogP contribution >= 0.6 is 0 Å². The van der Waals surface area contributed by atoms with Crippen LogP contribution in [0.5, 0.6) is 0 Å². The summed E-state index contributed by atoms with van der Waals surface area (Å²) >= 11 is 0. The molecule has 0 aliphatic heterocycles. The summed E-state index contributed by atoms with van der Waals surface area (Å²) in [6.07, 6.45) is 0.759. The SMILES string of the molecule is CC[C@H](C)NC(=O)c1ccccc1NS(=O)(=O)c1ccc(F)cc1. The minimum atomic E-state index is -3.92. The van der Waals surface area contributed by atoms with Gasteiger partial charge in [0.2, 0.25) is 0 Å². The fourth-order valence-electron chi connectivity index (χ4n) is 1.99. The Morgan fingerprint density at radius 1 is 1.12 bits per heavy atom. The molecule has 2 aromatic carbocycles. The number of benzene rings is 2. The van der Waals surface area contributed by atoms with Crippen molar-refractivity contribution in [2.75, 3.05) is 4.72 Å². The van der Waals surface area contributed by atoms with Gasteiger partial charge in [-0.05, 0) is 49.7 Å². The lowest BCUT2D eigenvalue weighted by atomic mass is 10.1. The molecule has 0 saturated heterocycles. The van der Waals surface area contributed by atoms with Gasteiger partial charge in [-0.1, -0.05) is 19.1 Å². The lowest BCUT2D eigenvalue weighted by Crippen LogP contribution is -2.32. The zero-order valence-electron chi connectivity index (χ0n) is 13.4. The van der Waals surface area contributed by atoms with Gasteiger partial charge in [0.15, 0.2) is 0 Å². The predicted octanol–water partition coefficient (Wildman–Crippen LogP) is 3.15. The van der Waals surface area contributed by atoms with Gasteiger partial charge in [-0.2, -0.15) is 0 Å². The largest absolute Gasteiger partial charge is 0.350 e.